The van der Waals surface area contributed by atoms with E-state index in [9.17, 15) is 15.3 Å². The molecule has 0 aliphatic carbocycles. The molecule has 1 aliphatic heterocycles. The van der Waals surface area contributed by atoms with Gasteiger partial charge < -0.3 is 0 Å². The maximum Gasteiger partial charge on any atom is 0.260 e. The number of nitrogens with zero attached hydrogens (tertiary/aromatic N) is 3. The highest BCUT2D eigenvalue weighted by Crippen LogP contribution is 2.39. The van der Waals surface area contributed by atoms with E-state index in [4.69, 9.17) is 11.6 Å². The van der Waals surface area contributed by atoms with Crippen molar-refractivity contribution in [1.29, 1.82) is 10.5 Å². The fraction of sp³-hybridized carbons (Fsp3) is 0.0870. The molecule has 0 aromatic heterocycles. The average Bonchev–Trinajstić information content (AvgIpc) is 3.02. The Hall–Kier alpha value is -3.60. The van der Waals surface area contributed by atoms with Crippen LogP contribution in [0.25, 0.3) is 0 Å². The third-order valence-corrected chi connectivity index (χ3v) is 5.25. The summed E-state index contributed by atoms with van der Waals surface area (Å²) < 4.78 is 0. The van der Waals surface area contributed by atoms with Gasteiger partial charge in [0.05, 0.1) is 18.1 Å². The van der Waals surface area contributed by atoms with Gasteiger partial charge in [-0.15, -0.1) is 0 Å². The van der Waals surface area contributed by atoms with Crippen LogP contribution in [0.4, 0.5) is 5.69 Å². The summed E-state index contributed by atoms with van der Waals surface area (Å²) >= 11 is 6.51. The lowest BCUT2D eigenvalue weighted by Gasteiger charge is -2.22. The number of fused-ring (bicyclic) bond motifs is 1. The van der Waals surface area contributed by atoms with E-state index in [2.05, 4.69) is 12.1 Å². The Labute approximate surface area is 167 Å². The molecule has 134 valence electrons. The SMILES string of the molecule is N#CC(c1ccccc1)c1ccc(N2C(=O)c3ccccc3C2C#N)cc1Cl. The van der Waals surface area contributed by atoms with Gasteiger partial charge >= 0.3 is 0 Å². The van der Waals surface area contributed by atoms with Crippen molar-refractivity contribution in [2.45, 2.75) is 12.0 Å². The van der Waals surface area contributed by atoms with Crippen molar-refractivity contribution in [1.82, 2.24) is 0 Å². The number of hydrogen-bond donors (Lipinski definition) is 0. The molecule has 1 amide bonds. The van der Waals surface area contributed by atoms with Gasteiger partial charge in [-0.25, -0.2) is 0 Å². The van der Waals surface area contributed by atoms with Crippen molar-refractivity contribution in [3.63, 3.8) is 0 Å². The molecule has 1 heterocycles. The third-order valence-electron chi connectivity index (χ3n) is 4.92. The highest BCUT2D eigenvalue weighted by molar-refractivity contribution is 6.32. The summed E-state index contributed by atoms with van der Waals surface area (Å²) in [5.74, 6) is -0.744. The summed E-state index contributed by atoms with van der Waals surface area (Å²) in [7, 11) is 0. The van der Waals surface area contributed by atoms with E-state index in [1.807, 2.05) is 36.4 Å². The monoisotopic (exact) mass is 383 g/mol. The van der Waals surface area contributed by atoms with Crippen LogP contribution in [0, 0.1) is 22.7 Å². The van der Waals surface area contributed by atoms with Gasteiger partial charge in [-0.1, -0.05) is 66.2 Å². The smallest absolute Gasteiger partial charge is 0.260 e. The minimum absolute atomic E-state index is 0.231. The molecule has 0 fully saturated rings. The summed E-state index contributed by atoms with van der Waals surface area (Å²) in [6.07, 6.45) is 0. The normalized spacial score (nSPS) is 16.2. The summed E-state index contributed by atoms with van der Waals surface area (Å²) in [6.45, 7) is 0. The number of benzene rings is 3. The third kappa shape index (κ3) is 2.81. The maximum atomic E-state index is 12.9. The van der Waals surface area contributed by atoms with Crippen LogP contribution in [0.2, 0.25) is 5.02 Å². The minimum atomic E-state index is -0.702. The lowest BCUT2D eigenvalue weighted by atomic mass is 9.92. The van der Waals surface area contributed by atoms with Crippen molar-refractivity contribution in [3.05, 3.63) is 100 Å². The molecular weight excluding hydrogens is 370 g/mol. The van der Waals surface area contributed by atoms with Crippen LogP contribution in [0.5, 0.6) is 0 Å². The second-order valence-corrected chi connectivity index (χ2v) is 6.88. The molecule has 3 aromatic carbocycles. The Morgan fingerprint density at radius 3 is 2.36 bits per heavy atom. The molecular formula is C23H14ClN3O. The second-order valence-electron chi connectivity index (χ2n) is 6.47. The summed E-state index contributed by atoms with van der Waals surface area (Å²) in [5.41, 5.74) is 3.25. The van der Waals surface area contributed by atoms with Crippen LogP contribution in [0.15, 0.2) is 72.8 Å². The number of carbonyl (C=O) groups excluding carboxylic acids is 1. The number of rotatable bonds is 3. The molecule has 2 atom stereocenters. The highest BCUT2D eigenvalue weighted by atomic mass is 35.5. The van der Waals surface area contributed by atoms with Gasteiger partial charge in [0.15, 0.2) is 6.04 Å². The summed E-state index contributed by atoms with van der Waals surface area (Å²) in [4.78, 5) is 14.3. The Balaban J connectivity index is 1.74. The standard InChI is InChI=1S/C23H14ClN3O/c24-21-12-16(10-11-17(21)20(13-25)15-6-2-1-3-7-15)27-22(14-26)18-8-4-5-9-19(18)23(27)28/h1-12,20,22H. The molecule has 4 nitrogen and oxygen atoms in total. The fourth-order valence-electron chi connectivity index (χ4n) is 3.58. The lowest BCUT2D eigenvalue weighted by Crippen LogP contribution is -2.27. The van der Waals surface area contributed by atoms with Crippen LogP contribution in [0.1, 0.15) is 39.0 Å². The van der Waals surface area contributed by atoms with Gasteiger partial charge in [0.25, 0.3) is 5.91 Å². The average molecular weight is 384 g/mol. The van der Waals surface area contributed by atoms with Gasteiger partial charge in [-0.2, -0.15) is 10.5 Å². The van der Waals surface area contributed by atoms with E-state index >= 15 is 0 Å². The quantitative estimate of drug-likeness (QED) is 0.622. The minimum Gasteiger partial charge on any atom is -0.288 e. The number of anilines is 1. The molecule has 0 saturated heterocycles. The first-order chi connectivity index (χ1) is 13.7. The number of nitriles is 2. The van der Waals surface area contributed by atoms with E-state index in [0.29, 0.717) is 27.4 Å². The van der Waals surface area contributed by atoms with Gasteiger partial charge in [-0.3, -0.25) is 9.69 Å². The predicted octanol–water partition coefficient (Wildman–Crippen LogP) is 5.22. The first-order valence-corrected chi connectivity index (χ1v) is 9.09. The van der Waals surface area contributed by atoms with Crippen LogP contribution in [0.3, 0.4) is 0 Å². The molecule has 0 radical (unpaired) electrons. The molecule has 0 saturated carbocycles. The molecule has 0 N–H and O–H groups in total. The van der Waals surface area contributed by atoms with Gasteiger partial charge in [-0.05, 0) is 29.3 Å². The molecule has 0 spiro atoms. The number of hydrogen-bond acceptors (Lipinski definition) is 3. The Morgan fingerprint density at radius 2 is 1.68 bits per heavy atom. The van der Waals surface area contributed by atoms with Crippen molar-refractivity contribution in [3.8, 4) is 12.1 Å². The van der Waals surface area contributed by atoms with Crippen molar-refractivity contribution in [2.24, 2.45) is 0 Å². The molecule has 0 bridgehead atoms. The van der Waals surface area contributed by atoms with Crippen LogP contribution < -0.4 is 4.90 Å². The molecule has 4 rings (SSSR count). The zero-order valence-electron chi connectivity index (χ0n) is 14.7. The molecule has 3 aromatic rings. The fourth-order valence-corrected chi connectivity index (χ4v) is 3.86. The Morgan fingerprint density at radius 1 is 0.964 bits per heavy atom. The van der Waals surface area contributed by atoms with E-state index in [-0.39, 0.29) is 5.91 Å². The summed E-state index contributed by atoms with van der Waals surface area (Å²) in [5, 5.41) is 19.7. The van der Waals surface area contributed by atoms with E-state index < -0.39 is 12.0 Å². The topological polar surface area (TPSA) is 67.9 Å². The lowest BCUT2D eigenvalue weighted by molar-refractivity contribution is 0.0994. The maximum absolute atomic E-state index is 12.9. The Bertz CT molecular complexity index is 1140. The largest absolute Gasteiger partial charge is 0.288 e. The first kappa shape index (κ1) is 17.8. The van der Waals surface area contributed by atoms with Crippen LogP contribution in [-0.2, 0) is 0 Å². The van der Waals surface area contributed by atoms with Crippen LogP contribution >= 0.6 is 11.6 Å². The van der Waals surface area contributed by atoms with Crippen LogP contribution in [-0.4, -0.2) is 5.91 Å². The highest BCUT2D eigenvalue weighted by Gasteiger charge is 2.37. The first-order valence-electron chi connectivity index (χ1n) is 8.72. The van der Waals surface area contributed by atoms with Crippen molar-refractivity contribution in [2.75, 3.05) is 4.90 Å². The van der Waals surface area contributed by atoms with Gasteiger partial charge in [0, 0.05) is 21.8 Å². The summed E-state index contributed by atoms with van der Waals surface area (Å²) in [6, 6.07) is 25.4. The molecule has 2 unspecified atom stereocenters. The number of carbonyl (C=O) groups is 1. The van der Waals surface area contributed by atoms with Gasteiger partial charge in [0.1, 0.15) is 0 Å². The zero-order chi connectivity index (χ0) is 19.7. The van der Waals surface area contributed by atoms with Crippen molar-refractivity contribution >= 4 is 23.2 Å². The van der Waals surface area contributed by atoms with Crippen molar-refractivity contribution < 1.29 is 4.79 Å². The molecule has 28 heavy (non-hydrogen) atoms. The van der Waals surface area contributed by atoms with E-state index in [1.54, 1.807) is 36.4 Å². The zero-order valence-corrected chi connectivity index (χ0v) is 15.5. The van der Waals surface area contributed by atoms with Gasteiger partial charge in [0.2, 0.25) is 0 Å². The molecule has 5 heteroatoms. The van der Waals surface area contributed by atoms with E-state index in [1.165, 1.54) is 4.90 Å². The Kier molecular flexibility index (Phi) is 4.57. The molecule has 1 aliphatic rings. The second kappa shape index (κ2) is 7.19. The number of amides is 1. The predicted molar refractivity (Wildman–Crippen MR) is 107 cm³/mol. The number of halogens is 1. The van der Waals surface area contributed by atoms with E-state index in [0.717, 1.165) is 5.56 Å².